The number of primary sulfonamides is 1. The molecule has 9 nitrogen and oxygen atoms in total. The molecule has 3 N–H and O–H groups in total. The van der Waals surface area contributed by atoms with Gasteiger partial charge in [-0.25, -0.2) is 18.4 Å². The van der Waals surface area contributed by atoms with Crippen LogP contribution in [0, 0.1) is 0 Å². The summed E-state index contributed by atoms with van der Waals surface area (Å²) in [4.78, 5) is 24.5. The lowest BCUT2D eigenvalue weighted by atomic mass is 10.2. The number of hydrogen-bond donors (Lipinski definition) is 2. The minimum Gasteiger partial charge on any atom is -0.493 e. The molecule has 0 saturated heterocycles. The van der Waals surface area contributed by atoms with Crippen molar-refractivity contribution in [3.05, 3.63) is 47.0 Å². The zero-order valence-electron chi connectivity index (χ0n) is 15.8. The third kappa shape index (κ3) is 5.59. The topological polar surface area (TPSA) is 134 Å². The van der Waals surface area contributed by atoms with Crippen LogP contribution in [-0.2, 0) is 19.6 Å². The van der Waals surface area contributed by atoms with Gasteiger partial charge in [0.1, 0.15) is 0 Å². The van der Waals surface area contributed by atoms with Crippen molar-refractivity contribution in [2.24, 2.45) is 5.14 Å². The Bertz CT molecular complexity index is 1020. The highest BCUT2D eigenvalue weighted by atomic mass is 35.5. The first-order valence-corrected chi connectivity index (χ1v) is 10.1. The number of hydrogen-bond acceptors (Lipinski definition) is 7. The normalized spacial score (nSPS) is 12.0. The Morgan fingerprint density at radius 2 is 1.72 bits per heavy atom. The maximum absolute atomic E-state index is 12.3. The number of nitrogens with one attached hydrogen (secondary N) is 1. The summed E-state index contributed by atoms with van der Waals surface area (Å²) in [6, 6.07) is 7.92. The zero-order valence-corrected chi connectivity index (χ0v) is 17.3. The van der Waals surface area contributed by atoms with E-state index in [9.17, 15) is 18.0 Å². The van der Waals surface area contributed by atoms with E-state index in [1.54, 1.807) is 0 Å². The van der Waals surface area contributed by atoms with Crippen molar-refractivity contribution in [3.63, 3.8) is 0 Å². The summed E-state index contributed by atoms with van der Waals surface area (Å²) in [5.41, 5.74) is 0.379. The van der Waals surface area contributed by atoms with Crippen molar-refractivity contribution in [1.82, 2.24) is 0 Å². The smallest absolute Gasteiger partial charge is 0.339 e. The van der Waals surface area contributed by atoms with Crippen molar-refractivity contribution < 1.29 is 32.2 Å². The summed E-state index contributed by atoms with van der Waals surface area (Å²) in [7, 11) is -1.04. The van der Waals surface area contributed by atoms with E-state index in [0.29, 0.717) is 5.69 Å². The molecule has 0 spiro atoms. The van der Waals surface area contributed by atoms with Crippen LogP contribution < -0.4 is 19.9 Å². The van der Waals surface area contributed by atoms with Crippen LogP contribution in [0.2, 0.25) is 5.02 Å². The van der Waals surface area contributed by atoms with Gasteiger partial charge in [0.25, 0.3) is 5.91 Å². The molecule has 0 saturated carbocycles. The van der Waals surface area contributed by atoms with Crippen molar-refractivity contribution in [3.8, 4) is 11.5 Å². The third-order valence-electron chi connectivity index (χ3n) is 3.77. The first-order valence-electron chi connectivity index (χ1n) is 8.13. The molecule has 1 atom stereocenters. The number of carbonyl (C=O) groups excluding carboxylic acids is 2. The lowest BCUT2D eigenvalue weighted by Crippen LogP contribution is -2.30. The molecule has 1 amide bonds. The van der Waals surface area contributed by atoms with Crippen LogP contribution in [0.5, 0.6) is 11.5 Å². The highest BCUT2D eigenvalue weighted by molar-refractivity contribution is 7.89. The van der Waals surface area contributed by atoms with E-state index in [-0.39, 0.29) is 27.0 Å². The molecule has 29 heavy (non-hydrogen) atoms. The molecule has 0 fully saturated rings. The fourth-order valence-electron chi connectivity index (χ4n) is 2.29. The highest BCUT2D eigenvalue weighted by Gasteiger charge is 2.22. The summed E-state index contributed by atoms with van der Waals surface area (Å²) in [6.07, 6.45) is -1.15. The van der Waals surface area contributed by atoms with Gasteiger partial charge >= 0.3 is 5.97 Å². The number of sulfonamides is 1. The summed E-state index contributed by atoms with van der Waals surface area (Å²) in [5, 5.41) is 7.67. The van der Waals surface area contributed by atoms with Gasteiger partial charge < -0.3 is 19.5 Å². The molecular weight excluding hydrogens is 424 g/mol. The first kappa shape index (κ1) is 22.5. The Morgan fingerprint density at radius 1 is 1.10 bits per heavy atom. The van der Waals surface area contributed by atoms with E-state index in [2.05, 4.69) is 5.32 Å². The maximum atomic E-state index is 12.3. The van der Waals surface area contributed by atoms with Crippen molar-refractivity contribution >= 4 is 39.2 Å². The van der Waals surface area contributed by atoms with Crippen LogP contribution in [0.3, 0.4) is 0 Å². The minimum atomic E-state index is -3.84. The number of amides is 1. The standard InChI is InChI=1S/C18H19ClN2O7S/c1-10(17(22)21-12-4-6-13(7-5-12)29(20,24)25)28-18(23)11-8-14(19)16(27-3)15(9-11)26-2/h4-10H,1-3H3,(H,21,22)(H2,20,24,25)/t10-/m1/s1. The number of rotatable bonds is 7. The fraction of sp³-hybridized carbons (Fsp3) is 0.222. The van der Waals surface area contributed by atoms with Crippen molar-refractivity contribution in [2.45, 2.75) is 17.9 Å². The quantitative estimate of drug-likeness (QED) is 0.627. The molecule has 0 aliphatic heterocycles. The van der Waals surface area contributed by atoms with E-state index >= 15 is 0 Å². The van der Waals surface area contributed by atoms with Gasteiger partial charge in [-0.2, -0.15) is 0 Å². The second kappa shape index (κ2) is 9.12. The number of carbonyl (C=O) groups is 2. The first-order chi connectivity index (χ1) is 13.6. The molecule has 0 unspecified atom stereocenters. The largest absolute Gasteiger partial charge is 0.493 e. The van der Waals surface area contributed by atoms with Crippen LogP contribution in [-0.4, -0.2) is 40.6 Å². The van der Waals surface area contributed by atoms with Gasteiger partial charge in [-0.1, -0.05) is 11.6 Å². The van der Waals surface area contributed by atoms with Gasteiger partial charge in [-0.05, 0) is 43.3 Å². The van der Waals surface area contributed by atoms with Gasteiger partial charge in [-0.3, -0.25) is 4.79 Å². The summed E-state index contributed by atoms with van der Waals surface area (Å²) >= 11 is 6.06. The molecule has 2 rings (SSSR count). The van der Waals surface area contributed by atoms with Gasteiger partial charge in [-0.15, -0.1) is 0 Å². The highest BCUT2D eigenvalue weighted by Crippen LogP contribution is 2.36. The van der Waals surface area contributed by atoms with Crippen LogP contribution in [0.4, 0.5) is 5.69 Å². The summed E-state index contributed by atoms with van der Waals surface area (Å²) in [6.45, 7) is 1.38. The number of nitrogens with two attached hydrogens (primary N) is 1. The molecule has 156 valence electrons. The number of ether oxygens (including phenoxy) is 3. The van der Waals surface area contributed by atoms with E-state index in [1.807, 2.05) is 0 Å². The second-order valence-electron chi connectivity index (χ2n) is 5.80. The molecule has 0 heterocycles. The Labute approximate surface area is 172 Å². The monoisotopic (exact) mass is 442 g/mol. The van der Waals surface area contributed by atoms with E-state index < -0.39 is 28.0 Å². The average Bonchev–Trinajstić information content (AvgIpc) is 2.66. The Kier molecular flexibility index (Phi) is 7.07. The van der Waals surface area contributed by atoms with Crippen molar-refractivity contribution in [1.29, 1.82) is 0 Å². The SMILES string of the molecule is COc1cc(C(=O)O[C@H](C)C(=O)Nc2ccc(S(N)(=O)=O)cc2)cc(Cl)c1OC. The van der Waals surface area contributed by atoms with E-state index in [1.165, 1.54) is 57.5 Å². The van der Waals surface area contributed by atoms with Gasteiger partial charge in [0.15, 0.2) is 17.6 Å². The predicted molar refractivity (Wildman–Crippen MR) is 106 cm³/mol. The van der Waals surface area contributed by atoms with Crippen LogP contribution >= 0.6 is 11.6 Å². The lowest BCUT2D eigenvalue weighted by Gasteiger charge is -2.15. The van der Waals surface area contributed by atoms with Crippen LogP contribution in [0.25, 0.3) is 0 Å². The number of halogens is 1. The molecule has 2 aromatic carbocycles. The van der Waals surface area contributed by atoms with Crippen LogP contribution in [0.1, 0.15) is 17.3 Å². The Morgan fingerprint density at radius 3 is 2.24 bits per heavy atom. The molecule has 11 heteroatoms. The maximum Gasteiger partial charge on any atom is 0.339 e. The van der Waals surface area contributed by atoms with Crippen molar-refractivity contribution in [2.75, 3.05) is 19.5 Å². The zero-order chi connectivity index (χ0) is 21.8. The molecular formula is C18H19ClN2O7S. The van der Waals surface area contributed by atoms with E-state index in [0.717, 1.165) is 0 Å². The third-order valence-corrected chi connectivity index (χ3v) is 4.98. The molecule has 0 aliphatic carbocycles. The second-order valence-corrected chi connectivity index (χ2v) is 7.77. The van der Waals surface area contributed by atoms with Gasteiger partial charge in [0.05, 0.1) is 29.7 Å². The summed E-state index contributed by atoms with van der Waals surface area (Å²) < 4.78 is 37.9. The average molecular weight is 443 g/mol. The van der Waals surface area contributed by atoms with Gasteiger partial charge in [0, 0.05) is 5.69 Å². The predicted octanol–water partition coefficient (Wildman–Crippen LogP) is 2.19. The van der Waals surface area contributed by atoms with E-state index in [4.69, 9.17) is 31.0 Å². The van der Waals surface area contributed by atoms with Gasteiger partial charge in [0.2, 0.25) is 10.0 Å². The Balaban J connectivity index is 2.07. The number of methoxy groups -OCH3 is 2. The molecule has 0 aliphatic rings. The molecule has 0 bridgehead atoms. The lowest BCUT2D eigenvalue weighted by molar-refractivity contribution is -0.123. The minimum absolute atomic E-state index is 0.0739. The fourth-order valence-corrected chi connectivity index (χ4v) is 3.09. The number of benzene rings is 2. The number of esters is 1. The summed E-state index contributed by atoms with van der Waals surface area (Å²) in [5.74, 6) is -0.910. The van der Waals surface area contributed by atoms with Crippen LogP contribution in [0.15, 0.2) is 41.3 Å². The Hall–Kier alpha value is -2.82. The number of anilines is 1. The molecule has 0 aromatic heterocycles. The molecule has 0 radical (unpaired) electrons. The molecule has 2 aromatic rings.